The predicted octanol–water partition coefficient (Wildman–Crippen LogP) is 3.94. The Morgan fingerprint density at radius 2 is 1.94 bits per heavy atom. The van der Waals surface area contributed by atoms with E-state index in [1.165, 1.54) is 24.8 Å². The summed E-state index contributed by atoms with van der Waals surface area (Å²) in [7, 11) is 0. The van der Waals surface area contributed by atoms with Crippen molar-refractivity contribution in [1.29, 1.82) is 0 Å². The summed E-state index contributed by atoms with van der Waals surface area (Å²) in [5, 5.41) is 10.7. The number of para-hydroxylation sites is 1. The Labute approximate surface area is 112 Å². The maximum absolute atomic E-state index is 11.0. The van der Waals surface area contributed by atoms with Crippen molar-refractivity contribution >= 4 is 23.2 Å². The zero-order chi connectivity index (χ0) is 14.1. The van der Waals surface area contributed by atoms with E-state index in [9.17, 15) is 14.9 Å². The van der Waals surface area contributed by atoms with Gasteiger partial charge in [0.2, 0.25) is 0 Å². The monoisotopic (exact) mass is 269 g/mol. The molecule has 18 heavy (non-hydrogen) atoms. The zero-order valence-corrected chi connectivity index (χ0v) is 12.0. The average Bonchev–Trinajstić information content (AvgIpc) is 2.38. The number of nitro groups is 1. The first-order valence-electron chi connectivity index (χ1n) is 5.89. The van der Waals surface area contributed by atoms with Gasteiger partial charge in [-0.15, -0.1) is 11.8 Å². The molecule has 0 amide bonds. The molecule has 0 N–H and O–H groups in total. The van der Waals surface area contributed by atoms with E-state index in [0.717, 1.165) is 0 Å². The van der Waals surface area contributed by atoms with Gasteiger partial charge in [-0.2, -0.15) is 0 Å². The van der Waals surface area contributed by atoms with Crippen LogP contribution < -0.4 is 0 Å². The quantitative estimate of drug-likeness (QED) is 0.461. The second-order valence-electron chi connectivity index (χ2n) is 3.55. The van der Waals surface area contributed by atoms with E-state index in [1.54, 1.807) is 18.2 Å². The topological polar surface area (TPSA) is 60.2 Å². The van der Waals surface area contributed by atoms with Crippen LogP contribution in [0.15, 0.2) is 29.2 Å². The molecule has 1 rings (SSSR count). The Hall–Kier alpha value is -1.36. The molecule has 0 saturated carbocycles. The second kappa shape index (κ2) is 8.69. The van der Waals surface area contributed by atoms with Crippen molar-refractivity contribution in [1.82, 2.24) is 0 Å². The largest absolute Gasteiger partial charge is 0.300 e. The van der Waals surface area contributed by atoms with Crippen LogP contribution >= 0.6 is 11.8 Å². The number of Topliss-reactive ketones (excluding diaryl/α,β-unsaturated/α-hetero) is 1. The highest BCUT2D eigenvalue weighted by molar-refractivity contribution is 7.99. The van der Waals surface area contributed by atoms with Gasteiger partial charge < -0.3 is 0 Å². The van der Waals surface area contributed by atoms with Gasteiger partial charge in [0.05, 0.1) is 9.82 Å². The Kier molecular flexibility index (Phi) is 8.03. The Bertz CT molecular complexity index is 407. The SMILES string of the molecule is CC.CC(=O)[C@@H](C)CSc1ccccc1[N+](=O)[O-]. The molecule has 100 valence electrons. The van der Waals surface area contributed by atoms with E-state index in [2.05, 4.69) is 0 Å². The third-order valence-electron chi connectivity index (χ3n) is 2.24. The molecule has 1 aromatic rings. The van der Waals surface area contributed by atoms with Gasteiger partial charge in [0.1, 0.15) is 5.78 Å². The second-order valence-corrected chi connectivity index (χ2v) is 4.61. The molecule has 0 bridgehead atoms. The number of carbonyl (C=O) groups excluding carboxylic acids is 1. The molecule has 0 aromatic heterocycles. The molecule has 0 radical (unpaired) electrons. The van der Waals surface area contributed by atoms with E-state index in [4.69, 9.17) is 0 Å². The highest BCUT2D eigenvalue weighted by Crippen LogP contribution is 2.29. The van der Waals surface area contributed by atoms with Crippen molar-refractivity contribution in [3.8, 4) is 0 Å². The lowest BCUT2D eigenvalue weighted by molar-refractivity contribution is -0.387. The van der Waals surface area contributed by atoms with Crippen molar-refractivity contribution in [2.24, 2.45) is 5.92 Å². The molecule has 1 atom stereocenters. The van der Waals surface area contributed by atoms with Crippen LogP contribution in [-0.4, -0.2) is 16.5 Å². The van der Waals surface area contributed by atoms with Crippen molar-refractivity contribution < 1.29 is 9.72 Å². The van der Waals surface area contributed by atoms with Crippen LogP contribution in [-0.2, 0) is 4.79 Å². The molecular weight excluding hydrogens is 250 g/mol. The smallest absolute Gasteiger partial charge is 0.282 e. The van der Waals surface area contributed by atoms with Gasteiger partial charge in [-0.25, -0.2) is 0 Å². The summed E-state index contributed by atoms with van der Waals surface area (Å²) in [4.78, 5) is 22.0. The van der Waals surface area contributed by atoms with E-state index < -0.39 is 4.92 Å². The van der Waals surface area contributed by atoms with E-state index in [0.29, 0.717) is 10.6 Å². The number of benzene rings is 1. The molecule has 0 aliphatic carbocycles. The number of carbonyl (C=O) groups is 1. The van der Waals surface area contributed by atoms with Crippen LogP contribution in [0.5, 0.6) is 0 Å². The summed E-state index contributed by atoms with van der Waals surface area (Å²) in [6.07, 6.45) is 0. The fourth-order valence-corrected chi connectivity index (χ4v) is 2.19. The van der Waals surface area contributed by atoms with Gasteiger partial charge in [-0.1, -0.05) is 32.9 Å². The first-order chi connectivity index (χ1) is 8.52. The van der Waals surface area contributed by atoms with Crippen molar-refractivity contribution in [2.75, 3.05) is 5.75 Å². The maximum Gasteiger partial charge on any atom is 0.282 e. The number of hydrogen-bond acceptors (Lipinski definition) is 4. The molecule has 0 heterocycles. The molecule has 0 saturated heterocycles. The van der Waals surface area contributed by atoms with E-state index in [1.807, 2.05) is 20.8 Å². The van der Waals surface area contributed by atoms with Gasteiger partial charge in [0, 0.05) is 17.7 Å². The third kappa shape index (κ3) is 5.31. The van der Waals surface area contributed by atoms with Crippen LogP contribution in [0.3, 0.4) is 0 Å². The lowest BCUT2D eigenvalue weighted by Crippen LogP contribution is -2.08. The minimum Gasteiger partial charge on any atom is -0.300 e. The Balaban J connectivity index is 0.00000137. The standard InChI is InChI=1S/C11H13NO3S.C2H6/c1-8(9(2)13)7-16-11-6-4-3-5-10(11)12(14)15;1-2/h3-6,8H,7H2,1-2H3;1-2H3/t8-;/m0./s1. The molecule has 0 aliphatic heterocycles. The minimum atomic E-state index is -0.402. The molecule has 5 heteroatoms. The normalized spacial score (nSPS) is 11.1. The first kappa shape index (κ1) is 16.6. The number of ketones is 1. The molecular formula is C13H19NO3S. The maximum atomic E-state index is 11.0. The fourth-order valence-electron chi connectivity index (χ4n) is 1.06. The minimum absolute atomic E-state index is 0.0789. The van der Waals surface area contributed by atoms with Crippen molar-refractivity contribution in [3.05, 3.63) is 34.4 Å². The number of hydrogen-bond donors (Lipinski definition) is 0. The van der Waals surface area contributed by atoms with E-state index in [-0.39, 0.29) is 17.4 Å². The van der Waals surface area contributed by atoms with E-state index >= 15 is 0 Å². The lowest BCUT2D eigenvalue weighted by Gasteiger charge is -2.06. The number of rotatable bonds is 5. The number of thioether (sulfide) groups is 1. The highest BCUT2D eigenvalue weighted by atomic mass is 32.2. The van der Waals surface area contributed by atoms with Crippen LogP contribution in [0.4, 0.5) is 5.69 Å². The molecule has 4 nitrogen and oxygen atoms in total. The average molecular weight is 269 g/mol. The van der Waals surface area contributed by atoms with Gasteiger partial charge in [-0.05, 0) is 13.0 Å². The van der Waals surface area contributed by atoms with Crippen LogP contribution in [0, 0.1) is 16.0 Å². The number of nitrogens with zero attached hydrogens (tertiary/aromatic N) is 1. The molecule has 0 fully saturated rings. The summed E-state index contributed by atoms with van der Waals surface area (Å²) in [5.74, 6) is 0.594. The highest BCUT2D eigenvalue weighted by Gasteiger charge is 2.15. The summed E-state index contributed by atoms with van der Waals surface area (Å²) in [5.41, 5.74) is 0.100. The molecule has 1 aromatic carbocycles. The Morgan fingerprint density at radius 3 is 2.44 bits per heavy atom. The van der Waals surface area contributed by atoms with Crippen molar-refractivity contribution in [2.45, 2.75) is 32.6 Å². The summed E-state index contributed by atoms with van der Waals surface area (Å²) in [6, 6.07) is 6.57. The van der Waals surface area contributed by atoms with Gasteiger partial charge in [0.25, 0.3) is 5.69 Å². The molecule has 0 spiro atoms. The van der Waals surface area contributed by atoms with Crippen molar-refractivity contribution in [3.63, 3.8) is 0 Å². The van der Waals surface area contributed by atoms with Gasteiger partial charge in [-0.3, -0.25) is 14.9 Å². The predicted molar refractivity (Wildman–Crippen MR) is 75.0 cm³/mol. The lowest BCUT2D eigenvalue weighted by atomic mass is 10.1. The van der Waals surface area contributed by atoms with Gasteiger partial charge >= 0.3 is 0 Å². The van der Waals surface area contributed by atoms with Crippen LogP contribution in [0.1, 0.15) is 27.7 Å². The molecule has 0 unspecified atom stereocenters. The van der Waals surface area contributed by atoms with Crippen LogP contribution in [0.25, 0.3) is 0 Å². The Morgan fingerprint density at radius 1 is 1.39 bits per heavy atom. The number of nitro benzene ring substituents is 1. The van der Waals surface area contributed by atoms with Gasteiger partial charge in [0.15, 0.2) is 0 Å². The zero-order valence-electron chi connectivity index (χ0n) is 11.2. The molecule has 0 aliphatic rings. The summed E-state index contributed by atoms with van der Waals surface area (Å²) < 4.78 is 0. The summed E-state index contributed by atoms with van der Waals surface area (Å²) in [6.45, 7) is 7.36. The van der Waals surface area contributed by atoms with Crippen LogP contribution in [0.2, 0.25) is 0 Å². The first-order valence-corrected chi connectivity index (χ1v) is 6.87. The third-order valence-corrected chi connectivity index (χ3v) is 3.57. The summed E-state index contributed by atoms with van der Waals surface area (Å²) >= 11 is 1.35. The fraction of sp³-hybridized carbons (Fsp3) is 0.462.